The van der Waals surface area contributed by atoms with Crippen LogP contribution in [0.2, 0.25) is 0 Å². The molecular formula is C7H11N3OS. The van der Waals surface area contributed by atoms with Crippen molar-refractivity contribution in [2.45, 2.75) is 26.3 Å². The van der Waals surface area contributed by atoms with Gasteiger partial charge in [0.15, 0.2) is 4.77 Å². The van der Waals surface area contributed by atoms with E-state index in [1.54, 1.807) is 4.57 Å². The van der Waals surface area contributed by atoms with E-state index in [4.69, 9.17) is 12.2 Å². The zero-order valence-electron chi connectivity index (χ0n) is 7.05. The SMILES string of the molecule is CC1(C)CC1n1c(=O)[nH][nH]c1=S. The second kappa shape index (κ2) is 2.10. The highest BCUT2D eigenvalue weighted by Gasteiger charge is 2.48. The predicted molar refractivity (Wildman–Crippen MR) is 47.7 cm³/mol. The molecule has 1 aromatic rings. The predicted octanol–water partition coefficient (Wildman–Crippen LogP) is 1.20. The quantitative estimate of drug-likeness (QED) is 0.646. The van der Waals surface area contributed by atoms with Crippen LogP contribution in [0.1, 0.15) is 26.3 Å². The highest BCUT2D eigenvalue weighted by Crippen LogP contribution is 2.54. The monoisotopic (exact) mass is 185 g/mol. The van der Waals surface area contributed by atoms with Crippen LogP contribution in [0.15, 0.2) is 4.79 Å². The Morgan fingerprint density at radius 2 is 2.17 bits per heavy atom. The van der Waals surface area contributed by atoms with E-state index in [0.29, 0.717) is 4.77 Å². The number of aromatic amines is 2. The van der Waals surface area contributed by atoms with Gasteiger partial charge in [-0.25, -0.2) is 9.89 Å². The third kappa shape index (κ3) is 0.964. The molecule has 1 unspecified atom stereocenters. The number of nitrogens with zero attached hydrogens (tertiary/aromatic N) is 1. The summed E-state index contributed by atoms with van der Waals surface area (Å²) < 4.78 is 2.12. The molecule has 1 saturated carbocycles. The smallest absolute Gasteiger partial charge is 0.272 e. The molecule has 1 aliphatic carbocycles. The fourth-order valence-corrected chi connectivity index (χ4v) is 1.74. The number of hydrogen-bond acceptors (Lipinski definition) is 2. The summed E-state index contributed by atoms with van der Waals surface area (Å²) in [6, 6.07) is 0.278. The maximum absolute atomic E-state index is 11.2. The Labute approximate surface area is 74.6 Å². The first kappa shape index (κ1) is 7.79. The Morgan fingerprint density at radius 3 is 2.50 bits per heavy atom. The summed E-state index contributed by atoms with van der Waals surface area (Å²) >= 11 is 4.97. The lowest BCUT2D eigenvalue weighted by Crippen LogP contribution is -2.17. The minimum atomic E-state index is -0.129. The first-order valence-corrected chi connectivity index (χ1v) is 4.32. The van der Waals surface area contributed by atoms with E-state index in [9.17, 15) is 4.79 Å². The molecule has 1 heterocycles. The molecule has 0 aliphatic heterocycles. The third-order valence-corrected chi connectivity index (χ3v) is 2.79. The fraction of sp³-hybridized carbons (Fsp3) is 0.714. The number of nitrogens with one attached hydrogen (secondary N) is 2. The van der Waals surface area contributed by atoms with Gasteiger partial charge in [0.2, 0.25) is 0 Å². The molecule has 0 spiro atoms. The van der Waals surface area contributed by atoms with E-state index in [1.165, 1.54) is 0 Å². The molecule has 4 nitrogen and oxygen atoms in total. The van der Waals surface area contributed by atoms with E-state index in [2.05, 4.69) is 24.0 Å². The minimum Gasteiger partial charge on any atom is -0.272 e. The van der Waals surface area contributed by atoms with Crippen molar-refractivity contribution in [1.82, 2.24) is 14.8 Å². The summed E-state index contributed by atoms with van der Waals surface area (Å²) in [5.41, 5.74) is 0.100. The molecule has 12 heavy (non-hydrogen) atoms. The van der Waals surface area contributed by atoms with Crippen LogP contribution in [-0.4, -0.2) is 14.8 Å². The van der Waals surface area contributed by atoms with Gasteiger partial charge >= 0.3 is 5.69 Å². The van der Waals surface area contributed by atoms with Gasteiger partial charge in [0.25, 0.3) is 0 Å². The van der Waals surface area contributed by atoms with Crippen LogP contribution in [0.5, 0.6) is 0 Å². The van der Waals surface area contributed by atoms with Gasteiger partial charge in [-0.2, -0.15) is 0 Å². The van der Waals surface area contributed by atoms with E-state index in [0.717, 1.165) is 6.42 Å². The van der Waals surface area contributed by atoms with Crippen molar-refractivity contribution in [2.24, 2.45) is 5.41 Å². The number of aromatic nitrogens is 3. The highest BCUT2D eigenvalue weighted by atomic mass is 32.1. The number of rotatable bonds is 1. The van der Waals surface area contributed by atoms with Gasteiger partial charge in [-0.3, -0.25) is 9.67 Å². The third-order valence-electron chi connectivity index (χ3n) is 2.49. The lowest BCUT2D eigenvalue weighted by molar-refractivity contribution is 0.527. The molecule has 2 rings (SSSR count). The van der Waals surface area contributed by atoms with E-state index in [1.807, 2.05) is 0 Å². The summed E-state index contributed by atoms with van der Waals surface area (Å²) in [5, 5.41) is 5.11. The normalized spacial score (nSPS) is 25.7. The van der Waals surface area contributed by atoms with Gasteiger partial charge in [-0.05, 0) is 24.1 Å². The minimum absolute atomic E-state index is 0.129. The Bertz CT molecular complexity index is 383. The Hall–Kier alpha value is -0.840. The van der Waals surface area contributed by atoms with Crippen molar-refractivity contribution in [3.8, 4) is 0 Å². The van der Waals surface area contributed by atoms with Crippen LogP contribution in [0.4, 0.5) is 0 Å². The summed E-state index contributed by atoms with van der Waals surface area (Å²) in [6.45, 7) is 4.26. The van der Waals surface area contributed by atoms with Gasteiger partial charge < -0.3 is 0 Å². The topological polar surface area (TPSA) is 53.6 Å². The molecule has 1 aliphatic rings. The number of H-pyrrole nitrogens is 2. The second-order valence-corrected chi connectivity index (χ2v) is 4.33. The zero-order chi connectivity index (χ0) is 8.93. The van der Waals surface area contributed by atoms with Gasteiger partial charge in [-0.1, -0.05) is 13.8 Å². The standard InChI is InChI=1S/C7H11N3OS/c1-7(2)3-4(7)10-5(11)8-9-6(10)12/h4H,3H2,1-2H3,(H,8,11)(H,9,12). The first-order valence-electron chi connectivity index (χ1n) is 3.91. The van der Waals surface area contributed by atoms with Crippen molar-refractivity contribution in [1.29, 1.82) is 0 Å². The molecule has 5 heteroatoms. The Kier molecular flexibility index (Phi) is 1.36. The molecule has 1 fully saturated rings. The van der Waals surface area contributed by atoms with Gasteiger partial charge in [-0.15, -0.1) is 0 Å². The summed E-state index contributed by atoms with van der Waals surface area (Å²) in [6.07, 6.45) is 1.03. The van der Waals surface area contributed by atoms with E-state index in [-0.39, 0.29) is 17.1 Å². The molecule has 1 atom stereocenters. The summed E-state index contributed by atoms with van der Waals surface area (Å²) in [4.78, 5) is 11.2. The second-order valence-electron chi connectivity index (χ2n) is 3.94. The molecule has 0 saturated heterocycles. The van der Waals surface area contributed by atoms with Crippen molar-refractivity contribution in [3.63, 3.8) is 0 Å². The Morgan fingerprint density at radius 1 is 1.58 bits per heavy atom. The summed E-state index contributed by atoms with van der Waals surface area (Å²) in [5.74, 6) is 0. The van der Waals surface area contributed by atoms with Crippen LogP contribution in [0, 0.1) is 10.2 Å². The number of hydrogen-bond donors (Lipinski definition) is 2. The van der Waals surface area contributed by atoms with Crippen LogP contribution in [0.25, 0.3) is 0 Å². The van der Waals surface area contributed by atoms with Crippen LogP contribution < -0.4 is 5.69 Å². The largest absolute Gasteiger partial charge is 0.342 e. The van der Waals surface area contributed by atoms with E-state index >= 15 is 0 Å². The lowest BCUT2D eigenvalue weighted by Gasteiger charge is -2.01. The zero-order valence-corrected chi connectivity index (χ0v) is 7.86. The van der Waals surface area contributed by atoms with Crippen molar-refractivity contribution < 1.29 is 0 Å². The van der Waals surface area contributed by atoms with Crippen LogP contribution >= 0.6 is 12.2 Å². The van der Waals surface area contributed by atoms with Gasteiger partial charge in [0.1, 0.15) is 0 Å². The fourth-order valence-electron chi connectivity index (χ4n) is 1.48. The molecule has 2 N–H and O–H groups in total. The van der Waals surface area contributed by atoms with Crippen LogP contribution in [0.3, 0.4) is 0 Å². The van der Waals surface area contributed by atoms with Gasteiger partial charge in [0.05, 0.1) is 0 Å². The first-order chi connectivity index (χ1) is 5.52. The lowest BCUT2D eigenvalue weighted by atomic mass is 10.2. The maximum atomic E-state index is 11.2. The van der Waals surface area contributed by atoms with E-state index < -0.39 is 0 Å². The van der Waals surface area contributed by atoms with Crippen molar-refractivity contribution >= 4 is 12.2 Å². The molecule has 0 radical (unpaired) electrons. The van der Waals surface area contributed by atoms with Gasteiger partial charge in [0, 0.05) is 6.04 Å². The molecule has 0 aromatic carbocycles. The molecule has 66 valence electrons. The molecule has 1 aromatic heterocycles. The van der Waals surface area contributed by atoms with Crippen molar-refractivity contribution in [2.75, 3.05) is 0 Å². The highest BCUT2D eigenvalue weighted by molar-refractivity contribution is 7.71. The average Bonchev–Trinajstić information content (AvgIpc) is 2.42. The summed E-state index contributed by atoms with van der Waals surface area (Å²) in [7, 11) is 0. The van der Waals surface area contributed by atoms with Crippen LogP contribution in [-0.2, 0) is 0 Å². The van der Waals surface area contributed by atoms with Crippen molar-refractivity contribution in [3.05, 3.63) is 15.3 Å². The molecule has 0 amide bonds. The Balaban J connectivity index is 2.49. The maximum Gasteiger partial charge on any atom is 0.342 e. The molecule has 0 bridgehead atoms. The molecular weight excluding hydrogens is 174 g/mol. The average molecular weight is 185 g/mol.